The lowest BCUT2D eigenvalue weighted by atomic mass is 10.1. The van der Waals surface area contributed by atoms with E-state index in [0.717, 1.165) is 5.56 Å². The van der Waals surface area contributed by atoms with Crippen LogP contribution < -0.4 is 11.1 Å². The van der Waals surface area contributed by atoms with Crippen LogP contribution >= 0.6 is 0 Å². The van der Waals surface area contributed by atoms with Gasteiger partial charge in [0.05, 0.1) is 0 Å². The summed E-state index contributed by atoms with van der Waals surface area (Å²) >= 11 is 0. The Labute approximate surface area is 123 Å². The maximum absolute atomic E-state index is 13.7. The van der Waals surface area contributed by atoms with E-state index in [9.17, 15) is 4.39 Å². The number of rotatable bonds is 5. The van der Waals surface area contributed by atoms with E-state index in [-0.39, 0.29) is 17.7 Å². The Bertz CT molecular complexity index is 626. The highest BCUT2D eigenvalue weighted by Gasteiger charge is 2.09. The molecule has 4 N–H and O–H groups in total. The molecule has 0 aliphatic rings. The van der Waals surface area contributed by atoms with Crippen molar-refractivity contribution in [3.8, 4) is 0 Å². The summed E-state index contributed by atoms with van der Waals surface area (Å²) in [5.41, 5.74) is 7.84. The molecule has 0 bridgehead atoms. The first-order valence-electron chi connectivity index (χ1n) is 6.66. The van der Waals surface area contributed by atoms with E-state index in [4.69, 9.17) is 10.9 Å². The summed E-state index contributed by atoms with van der Waals surface area (Å²) in [5.74, 6) is -0.131. The van der Waals surface area contributed by atoms with Crippen molar-refractivity contribution in [3.05, 3.63) is 71.0 Å². The lowest BCUT2D eigenvalue weighted by Gasteiger charge is -2.15. The molecule has 0 amide bonds. The number of nitrogens with zero attached hydrogens (tertiary/aromatic N) is 1. The topological polar surface area (TPSA) is 70.6 Å². The van der Waals surface area contributed by atoms with Crippen LogP contribution in [0.15, 0.2) is 53.7 Å². The van der Waals surface area contributed by atoms with Gasteiger partial charge in [0, 0.05) is 23.7 Å². The largest absolute Gasteiger partial charge is 0.409 e. The number of amidine groups is 1. The molecule has 0 aliphatic heterocycles. The summed E-state index contributed by atoms with van der Waals surface area (Å²) in [5, 5.41) is 14.8. The van der Waals surface area contributed by atoms with Crippen LogP contribution in [0.3, 0.4) is 0 Å². The van der Waals surface area contributed by atoms with Crippen molar-refractivity contribution in [1.82, 2.24) is 5.32 Å². The highest BCUT2D eigenvalue weighted by atomic mass is 19.1. The van der Waals surface area contributed by atoms with Crippen LogP contribution in [0.25, 0.3) is 0 Å². The molecule has 1 unspecified atom stereocenters. The number of benzene rings is 2. The number of nitrogens with one attached hydrogen (secondary N) is 1. The molecule has 2 rings (SSSR count). The zero-order valence-corrected chi connectivity index (χ0v) is 11.8. The van der Waals surface area contributed by atoms with Crippen LogP contribution in [0.5, 0.6) is 0 Å². The van der Waals surface area contributed by atoms with Gasteiger partial charge in [-0.15, -0.1) is 0 Å². The van der Waals surface area contributed by atoms with Gasteiger partial charge in [-0.2, -0.15) is 0 Å². The molecule has 0 heterocycles. The lowest BCUT2D eigenvalue weighted by molar-refractivity contribution is 0.318. The fraction of sp³-hybridized carbons (Fsp3) is 0.188. The van der Waals surface area contributed by atoms with Crippen LogP contribution in [-0.4, -0.2) is 11.0 Å². The Balaban J connectivity index is 1.98. The second-order valence-corrected chi connectivity index (χ2v) is 4.81. The van der Waals surface area contributed by atoms with E-state index in [1.165, 1.54) is 6.07 Å². The molecule has 2 aromatic carbocycles. The van der Waals surface area contributed by atoms with Gasteiger partial charge >= 0.3 is 0 Å². The normalized spacial score (nSPS) is 13.1. The molecule has 4 nitrogen and oxygen atoms in total. The van der Waals surface area contributed by atoms with Crippen LogP contribution in [0.1, 0.15) is 29.7 Å². The minimum atomic E-state index is -0.209. The van der Waals surface area contributed by atoms with Crippen molar-refractivity contribution >= 4 is 5.84 Å². The summed E-state index contributed by atoms with van der Waals surface area (Å²) < 4.78 is 13.7. The summed E-state index contributed by atoms with van der Waals surface area (Å²) in [6, 6.07) is 14.0. The van der Waals surface area contributed by atoms with Crippen LogP contribution in [0.4, 0.5) is 4.39 Å². The first kappa shape index (κ1) is 15.0. The third-order valence-corrected chi connectivity index (χ3v) is 3.34. The molecule has 0 aliphatic carbocycles. The number of oxime groups is 1. The summed E-state index contributed by atoms with van der Waals surface area (Å²) in [7, 11) is 0. The van der Waals surface area contributed by atoms with Crippen molar-refractivity contribution in [3.63, 3.8) is 0 Å². The molecule has 0 spiro atoms. The molecule has 5 heteroatoms. The Hall–Kier alpha value is -2.40. The zero-order valence-electron chi connectivity index (χ0n) is 11.8. The van der Waals surface area contributed by atoms with E-state index < -0.39 is 0 Å². The molecular weight excluding hydrogens is 269 g/mol. The van der Waals surface area contributed by atoms with Gasteiger partial charge in [-0.05, 0) is 18.6 Å². The molecule has 21 heavy (non-hydrogen) atoms. The Morgan fingerprint density at radius 3 is 2.52 bits per heavy atom. The minimum absolute atomic E-state index is 0.0780. The molecule has 1 atom stereocenters. The second kappa shape index (κ2) is 6.85. The Morgan fingerprint density at radius 2 is 1.90 bits per heavy atom. The molecule has 0 saturated heterocycles. The average molecular weight is 287 g/mol. The number of nitrogens with two attached hydrogens (primary N) is 1. The van der Waals surface area contributed by atoms with Crippen molar-refractivity contribution in [2.45, 2.75) is 19.5 Å². The van der Waals surface area contributed by atoms with Gasteiger partial charge in [-0.25, -0.2) is 4.39 Å². The number of hydrogen-bond acceptors (Lipinski definition) is 3. The van der Waals surface area contributed by atoms with Crippen LogP contribution in [-0.2, 0) is 6.54 Å². The first-order chi connectivity index (χ1) is 10.1. The maximum atomic E-state index is 13.7. The predicted octanol–water partition coefficient (Wildman–Crippen LogP) is 2.77. The van der Waals surface area contributed by atoms with E-state index in [1.54, 1.807) is 24.3 Å². The molecule has 110 valence electrons. The van der Waals surface area contributed by atoms with Gasteiger partial charge in [0.2, 0.25) is 0 Å². The van der Waals surface area contributed by atoms with Gasteiger partial charge in [-0.3, -0.25) is 0 Å². The van der Waals surface area contributed by atoms with Crippen molar-refractivity contribution in [1.29, 1.82) is 0 Å². The quantitative estimate of drug-likeness (QED) is 0.343. The molecule has 0 radical (unpaired) electrons. The Kier molecular flexibility index (Phi) is 4.90. The zero-order chi connectivity index (χ0) is 15.2. The monoisotopic (exact) mass is 287 g/mol. The standard InChI is InChI=1S/C16H18FN3O/c1-11(14-4-2-3-5-15(14)17)19-10-12-6-8-13(9-7-12)16(18)20-21/h2-9,11,19,21H,10H2,1H3,(H2,18,20). The van der Waals surface area contributed by atoms with Crippen LogP contribution in [0.2, 0.25) is 0 Å². The average Bonchev–Trinajstić information content (AvgIpc) is 2.52. The van der Waals surface area contributed by atoms with Crippen molar-refractivity contribution < 1.29 is 9.60 Å². The van der Waals surface area contributed by atoms with Gasteiger partial charge in [0.25, 0.3) is 0 Å². The van der Waals surface area contributed by atoms with Gasteiger partial charge < -0.3 is 16.3 Å². The number of halogens is 1. The first-order valence-corrected chi connectivity index (χ1v) is 6.66. The van der Waals surface area contributed by atoms with Crippen molar-refractivity contribution in [2.24, 2.45) is 10.9 Å². The van der Waals surface area contributed by atoms with E-state index >= 15 is 0 Å². The fourth-order valence-corrected chi connectivity index (χ4v) is 2.06. The van der Waals surface area contributed by atoms with E-state index in [0.29, 0.717) is 17.7 Å². The highest BCUT2D eigenvalue weighted by molar-refractivity contribution is 5.96. The molecular formula is C16H18FN3O. The van der Waals surface area contributed by atoms with Gasteiger partial charge in [0.1, 0.15) is 5.82 Å². The maximum Gasteiger partial charge on any atom is 0.170 e. The van der Waals surface area contributed by atoms with E-state index in [1.807, 2.05) is 25.1 Å². The third-order valence-electron chi connectivity index (χ3n) is 3.34. The fourth-order valence-electron chi connectivity index (χ4n) is 2.06. The smallest absolute Gasteiger partial charge is 0.170 e. The summed E-state index contributed by atoms with van der Waals surface area (Å²) in [6.45, 7) is 2.52. The molecule has 0 aromatic heterocycles. The van der Waals surface area contributed by atoms with E-state index in [2.05, 4.69) is 10.5 Å². The molecule has 0 fully saturated rings. The predicted molar refractivity (Wildman–Crippen MR) is 80.6 cm³/mol. The number of hydrogen-bond donors (Lipinski definition) is 3. The van der Waals surface area contributed by atoms with Gasteiger partial charge in [-0.1, -0.05) is 47.6 Å². The third kappa shape index (κ3) is 3.79. The summed E-state index contributed by atoms with van der Waals surface area (Å²) in [4.78, 5) is 0. The summed E-state index contributed by atoms with van der Waals surface area (Å²) in [6.07, 6.45) is 0. The SMILES string of the molecule is CC(NCc1ccc(C(N)=NO)cc1)c1ccccc1F. The van der Waals surface area contributed by atoms with Crippen molar-refractivity contribution in [2.75, 3.05) is 0 Å². The highest BCUT2D eigenvalue weighted by Crippen LogP contribution is 2.16. The molecule has 2 aromatic rings. The van der Waals surface area contributed by atoms with Crippen LogP contribution in [0, 0.1) is 5.82 Å². The second-order valence-electron chi connectivity index (χ2n) is 4.81. The lowest BCUT2D eigenvalue weighted by Crippen LogP contribution is -2.19. The minimum Gasteiger partial charge on any atom is -0.409 e. The Morgan fingerprint density at radius 1 is 1.24 bits per heavy atom. The molecule has 0 saturated carbocycles. The van der Waals surface area contributed by atoms with Gasteiger partial charge in [0.15, 0.2) is 5.84 Å².